The monoisotopic (exact) mass is 389 g/mol. The molecule has 1 aromatic rings. The Hall–Kier alpha value is -1.43. The predicted octanol–water partition coefficient (Wildman–Crippen LogP) is 3.32. The molecule has 28 heavy (non-hydrogen) atoms. The number of aryl methyl sites for hydroxylation is 1. The van der Waals surface area contributed by atoms with Crippen molar-refractivity contribution >= 4 is 5.91 Å². The summed E-state index contributed by atoms with van der Waals surface area (Å²) in [5, 5.41) is 9.07. The van der Waals surface area contributed by atoms with Crippen LogP contribution >= 0.6 is 0 Å². The van der Waals surface area contributed by atoms with Gasteiger partial charge in [-0.25, -0.2) is 0 Å². The van der Waals surface area contributed by atoms with Crippen LogP contribution in [0.25, 0.3) is 0 Å². The molecule has 0 saturated carbocycles. The van der Waals surface area contributed by atoms with Gasteiger partial charge in [0.05, 0.1) is 6.54 Å². The summed E-state index contributed by atoms with van der Waals surface area (Å²) < 4.78 is 2.38. The van der Waals surface area contributed by atoms with E-state index in [1.165, 1.54) is 25.1 Å². The molecule has 1 amide bonds. The molecule has 0 spiro atoms. The van der Waals surface area contributed by atoms with Crippen molar-refractivity contribution < 1.29 is 4.79 Å². The Morgan fingerprint density at radius 3 is 2.50 bits per heavy atom. The number of carbonyl (C=O) groups excluding carboxylic acids is 1. The normalized spacial score (nSPS) is 21.0. The standard InChI is InChI=1S/C22H39N5O/c1-17(2)13-26(14-18(3)4)21(28)16-25-11-8-9-19(15-25)22-24-23-20-10-6-5-7-12-27(20)22/h17-19H,5-16H2,1-4H3. The Kier molecular flexibility index (Phi) is 7.49. The fraction of sp³-hybridized carbons (Fsp3) is 0.864. The average molecular weight is 390 g/mol. The van der Waals surface area contributed by atoms with Crippen LogP contribution in [0.15, 0.2) is 0 Å². The third-order valence-corrected chi connectivity index (χ3v) is 5.89. The summed E-state index contributed by atoms with van der Waals surface area (Å²) in [6.07, 6.45) is 7.09. The zero-order valence-corrected chi connectivity index (χ0v) is 18.4. The number of piperidine rings is 1. The van der Waals surface area contributed by atoms with Gasteiger partial charge in [0.2, 0.25) is 5.91 Å². The molecule has 1 atom stereocenters. The number of amides is 1. The van der Waals surface area contributed by atoms with Gasteiger partial charge in [-0.3, -0.25) is 9.69 Å². The van der Waals surface area contributed by atoms with Gasteiger partial charge in [-0.2, -0.15) is 0 Å². The smallest absolute Gasteiger partial charge is 0.236 e. The Bertz CT molecular complexity index is 629. The molecule has 1 saturated heterocycles. The molecule has 3 rings (SSSR count). The first kappa shape index (κ1) is 21.3. The maximum absolute atomic E-state index is 13.0. The van der Waals surface area contributed by atoms with Crippen LogP contribution in [0, 0.1) is 11.8 Å². The summed E-state index contributed by atoms with van der Waals surface area (Å²) in [4.78, 5) is 17.4. The molecule has 0 aromatic carbocycles. The second-order valence-electron chi connectivity index (χ2n) is 9.60. The average Bonchev–Trinajstić information content (AvgIpc) is 2.89. The Morgan fingerprint density at radius 2 is 1.79 bits per heavy atom. The zero-order chi connectivity index (χ0) is 20.1. The van der Waals surface area contributed by atoms with Crippen LogP contribution in [0.1, 0.15) is 77.4 Å². The molecule has 0 N–H and O–H groups in total. The lowest BCUT2D eigenvalue weighted by atomic mass is 9.97. The zero-order valence-electron chi connectivity index (χ0n) is 18.4. The van der Waals surface area contributed by atoms with E-state index in [9.17, 15) is 4.79 Å². The van der Waals surface area contributed by atoms with E-state index in [-0.39, 0.29) is 5.91 Å². The van der Waals surface area contributed by atoms with E-state index >= 15 is 0 Å². The molecule has 1 aromatic heterocycles. The van der Waals surface area contributed by atoms with Gasteiger partial charge in [0, 0.05) is 38.5 Å². The van der Waals surface area contributed by atoms with Crippen LogP contribution in [-0.4, -0.2) is 63.2 Å². The minimum atomic E-state index is 0.281. The summed E-state index contributed by atoms with van der Waals surface area (Å²) in [5.74, 6) is 4.02. The summed E-state index contributed by atoms with van der Waals surface area (Å²) >= 11 is 0. The van der Waals surface area contributed by atoms with Gasteiger partial charge in [0.25, 0.3) is 0 Å². The van der Waals surface area contributed by atoms with E-state index < -0.39 is 0 Å². The van der Waals surface area contributed by atoms with E-state index in [4.69, 9.17) is 0 Å². The number of fused-ring (bicyclic) bond motifs is 1. The lowest BCUT2D eigenvalue weighted by molar-refractivity contribution is -0.133. The van der Waals surface area contributed by atoms with E-state index in [0.29, 0.717) is 24.3 Å². The van der Waals surface area contributed by atoms with Gasteiger partial charge in [0.1, 0.15) is 11.6 Å². The van der Waals surface area contributed by atoms with Crippen molar-refractivity contribution in [2.45, 2.75) is 78.7 Å². The molecule has 6 heteroatoms. The van der Waals surface area contributed by atoms with Crippen LogP contribution in [0.4, 0.5) is 0 Å². The number of hydrogen-bond acceptors (Lipinski definition) is 4. The maximum atomic E-state index is 13.0. The molecule has 1 unspecified atom stereocenters. The van der Waals surface area contributed by atoms with Crippen molar-refractivity contribution in [1.82, 2.24) is 24.6 Å². The molecular formula is C22H39N5O. The molecule has 2 aliphatic heterocycles. The summed E-state index contributed by atoms with van der Waals surface area (Å²) in [6.45, 7) is 14.0. The molecule has 6 nitrogen and oxygen atoms in total. The Labute approximate surface area is 170 Å². The van der Waals surface area contributed by atoms with Crippen LogP contribution < -0.4 is 0 Å². The highest BCUT2D eigenvalue weighted by atomic mass is 16.2. The molecule has 2 aliphatic rings. The molecule has 0 bridgehead atoms. The second kappa shape index (κ2) is 9.86. The van der Waals surface area contributed by atoms with E-state index in [1.54, 1.807) is 0 Å². The van der Waals surface area contributed by atoms with Crippen LogP contribution in [0.3, 0.4) is 0 Å². The van der Waals surface area contributed by atoms with Crippen LogP contribution in [0.2, 0.25) is 0 Å². The van der Waals surface area contributed by atoms with E-state index in [0.717, 1.165) is 57.8 Å². The molecule has 0 radical (unpaired) electrons. The van der Waals surface area contributed by atoms with Gasteiger partial charge in [-0.1, -0.05) is 34.1 Å². The summed E-state index contributed by atoms with van der Waals surface area (Å²) in [5.41, 5.74) is 0. The summed E-state index contributed by atoms with van der Waals surface area (Å²) in [7, 11) is 0. The number of rotatable bonds is 7. The lowest BCUT2D eigenvalue weighted by Crippen LogP contribution is -2.46. The van der Waals surface area contributed by atoms with Gasteiger partial charge >= 0.3 is 0 Å². The first-order valence-corrected chi connectivity index (χ1v) is 11.4. The number of nitrogens with zero attached hydrogens (tertiary/aromatic N) is 5. The van der Waals surface area contributed by atoms with E-state index in [2.05, 4.69) is 52.3 Å². The van der Waals surface area contributed by atoms with Gasteiger partial charge in [0.15, 0.2) is 0 Å². The highest BCUT2D eigenvalue weighted by molar-refractivity contribution is 5.78. The van der Waals surface area contributed by atoms with Crippen molar-refractivity contribution in [1.29, 1.82) is 0 Å². The topological polar surface area (TPSA) is 54.3 Å². The van der Waals surface area contributed by atoms with E-state index in [1.807, 2.05) is 0 Å². The number of likely N-dealkylation sites (tertiary alicyclic amines) is 1. The first-order valence-electron chi connectivity index (χ1n) is 11.4. The minimum absolute atomic E-state index is 0.281. The molecular weight excluding hydrogens is 350 g/mol. The highest BCUT2D eigenvalue weighted by Gasteiger charge is 2.29. The molecule has 158 valence electrons. The highest BCUT2D eigenvalue weighted by Crippen LogP contribution is 2.28. The number of hydrogen-bond donors (Lipinski definition) is 0. The quantitative estimate of drug-likeness (QED) is 0.718. The maximum Gasteiger partial charge on any atom is 0.236 e. The summed E-state index contributed by atoms with van der Waals surface area (Å²) in [6, 6.07) is 0. The van der Waals surface area contributed by atoms with Crippen LogP contribution in [-0.2, 0) is 17.8 Å². The van der Waals surface area contributed by atoms with Crippen molar-refractivity contribution in [3.8, 4) is 0 Å². The van der Waals surface area contributed by atoms with Crippen molar-refractivity contribution in [3.05, 3.63) is 11.6 Å². The SMILES string of the molecule is CC(C)CN(CC(C)C)C(=O)CN1CCCC(c2nnc3n2CCCCC3)C1. The van der Waals surface area contributed by atoms with Crippen molar-refractivity contribution in [2.75, 3.05) is 32.7 Å². The molecule has 0 aliphatic carbocycles. The first-order chi connectivity index (χ1) is 13.4. The fourth-order valence-corrected chi connectivity index (χ4v) is 4.67. The lowest BCUT2D eigenvalue weighted by Gasteiger charge is -2.34. The third-order valence-electron chi connectivity index (χ3n) is 5.89. The molecule has 3 heterocycles. The van der Waals surface area contributed by atoms with Crippen LogP contribution in [0.5, 0.6) is 0 Å². The van der Waals surface area contributed by atoms with Crippen molar-refractivity contribution in [3.63, 3.8) is 0 Å². The predicted molar refractivity (Wildman–Crippen MR) is 112 cm³/mol. The van der Waals surface area contributed by atoms with Gasteiger partial charge in [-0.05, 0) is 44.1 Å². The Morgan fingerprint density at radius 1 is 1.04 bits per heavy atom. The number of aromatic nitrogens is 3. The Balaban J connectivity index is 1.63. The fourth-order valence-electron chi connectivity index (χ4n) is 4.67. The number of carbonyl (C=O) groups is 1. The van der Waals surface area contributed by atoms with Gasteiger partial charge in [-0.15, -0.1) is 10.2 Å². The molecule has 1 fully saturated rings. The third kappa shape index (κ3) is 5.56. The minimum Gasteiger partial charge on any atom is -0.341 e. The second-order valence-corrected chi connectivity index (χ2v) is 9.60. The van der Waals surface area contributed by atoms with Crippen molar-refractivity contribution in [2.24, 2.45) is 11.8 Å². The largest absolute Gasteiger partial charge is 0.341 e. The van der Waals surface area contributed by atoms with Gasteiger partial charge < -0.3 is 9.47 Å².